The summed E-state index contributed by atoms with van der Waals surface area (Å²) in [5, 5.41) is 17.9. The molecular weight excluding hydrogens is 188 g/mol. The number of hydrogen-bond donors (Lipinski definition) is 0. The van der Waals surface area contributed by atoms with Crippen LogP contribution >= 0.6 is 11.6 Å². The van der Waals surface area contributed by atoms with Crippen molar-refractivity contribution in [3.63, 3.8) is 0 Å². The van der Waals surface area contributed by atoms with E-state index in [-0.39, 0.29) is 6.42 Å². The number of nitro groups is 2. The molecule has 0 amide bonds. The van der Waals surface area contributed by atoms with Crippen LogP contribution in [0.5, 0.6) is 0 Å². The Hall–Kier alpha value is -0.910. The number of nitrogens with zero attached hydrogens (tertiary/aromatic N) is 2. The molecule has 0 rings (SSSR count). The van der Waals surface area contributed by atoms with Gasteiger partial charge in [0, 0.05) is 11.6 Å². The molecule has 0 saturated carbocycles. The summed E-state index contributed by atoms with van der Waals surface area (Å²) < 4.78 is 0. The van der Waals surface area contributed by atoms with Crippen LogP contribution in [-0.2, 0) is 0 Å². The van der Waals surface area contributed by atoms with Crippen molar-refractivity contribution in [3.8, 4) is 0 Å². The quantitative estimate of drug-likeness (QED) is 0.220. The summed E-state index contributed by atoms with van der Waals surface area (Å²) in [6, 6.07) is 0. The first-order chi connectivity index (χ1) is 5.45. The van der Waals surface area contributed by atoms with Crippen molar-refractivity contribution in [3.05, 3.63) is 20.2 Å². The second-order valence-electron chi connectivity index (χ2n) is 2.34. The summed E-state index contributed by atoms with van der Waals surface area (Å²) in [7, 11) is 0. The fourth-order valence-electron chi connectivity index (χ4n) is 0.651. The minimum atomic E-state index is -2.53. The second kappa shape index (κ2) is 4.20. The van der Waals surface area contributed by atoms with Gasteiger partial charge in [0.2, 0.25) is 0 Å². The molecule has 0 radical (unpaired) electrons. The van der Waals surface area contributed by atoms with Gasteiger partial charge < -0.3 is 0 Å². The van der Waals surface area contributed by atoms with E-state index < -0.39 is 15.0 Å². The van der Waals surface area contributed by atoms with Crippen molar-refractivity contribution >= 4 is 11.6 Å². The first-order valence-electron chi connectivity index (χ1n) is 3.43. The summed E-state index contributed by atoms with van der Waals surface area (Å²) in [5.41, 5.74) is 0. The third-order valence-corrected chi connectivity index (χ3v) is 1.87. The summed E-state index contributed by atoms with van der Waals surface area (Å²) in [5.74, 6) is 0. The van der Waals surface area contributed by atoms with E-state index in [4.69, 9.17) is 11.6 Å². The van der Waals surface area contributed by atoms with Gasteiger partial charge in [-0.2, -0.15) is 0 Å². The first-order valence-corrected chi connectivity index (χ1v) is 3.81. The standard InChI is InChI=1S/C5H9ClN2O4/c1-2-3-4-5(6,7(9)10)8(11)12/h2-4H2,1H3. The molecule has 0 aliphatic carbocycles. The van der Waals surface area contributed by atoms with Gasteiger partial charge in [0.05, 0.1) is 0 Å². The molecule has 0 heterocycles. The van der Waals surface area contributed by atoms with E-state index >= 15 is 0 Å². The Balaban J connectivity index is 4.40. The summed E-state index contributed by atoms with van der Waals surface area (Å²) in [6.45, 7) is 1.78. The van der Waals surface area contributed by atoms with Crippen molar-refractivity contribution in [2.24, 2.45) is 0 Å². The van der Waals surface area contributed by atoms with Crippen LogP contribution in [-0.4, -0.2) is 15.0 Å². The molecule has 0 spiro atoms. The smallest absolute Gasteiger partial charge is 0.257 e. The highest BCUT2D eigenvalue weighted by molar-refractivity contribution is 6.21. The van der Waals surface area contributed by atoms with Crippen LogP contribution in [0.1, 0.15) is 26.2 Å². The monoisotopic (exact) mass is 196 g/mol. The number of hydrogen-bond acceptors (Lipinski definition) is 4. The Labute approximate surface area is 73.8 Å². The predicted octanol–water partition coefficient (Wildman–Crippen LogP) is 1.62. The molecule has 0 aromatic carbocycles. The third kappa shape index (κ3) is 2.30. The van der Waals surface area contributed by atoms with Gasteiger partial charge in [-0.05, 0) is 6.42 Å². The minimum absolute atomic E-state index is 0.245. The maximum Gasteiger partial charge on any atom is 0.537 e. The van der Waals surface area contributed by atoms with Crippen molar-refractivity contribution in [2.45, 2.75) is 31.3 Å². The lowest BCUT2D eigenvalue weighted by Crippen LogP contribution is -2.40. The molecule has 0 aromatic rings. The van der Waals surface area contributed by atoms with Crippen molar-refractivity contribution in [2.75, 3.05) is 0 Å². The fourth-order valence-corrected chi connectivity index (χ4v) is 0.785. The molecule has 0 aliphatic heterocycles. The average Bonchev–Trinajstić information content (AvgIpc) is 1.99. The van der Waals surface area contributed by atoms with Gasteiger partial charge >= 0.3 is 5.12 Å². The highest BCUT2D eigenvalue weighted by Gasteiger charge is 2.53. The van der Waals surface area contributed by atoms with Gasteiger partial charge in [0.25, 0.3) is 0 Å². The minimum Gasteiger partial charge on any atom is -0.257 e. The molecule has 6 nitrogen and oxygen atoms in total. The van der Waals surface area contributed by atoms with Gasteiger partial charge in [0.1, 0.15) is 16.3 Å². The lowest BCUT2D eigenvalue weighted by Gasteiger charge is -2.08. The lowest BCUT2D eigenvalue weighted by atomic mass is 10.2. The fraction of sp³-hybridized carbons (Fsp3) is 1.00. The van der Waals surface area contributed by atoms with Crippen molar-refractivity contribution in [1.29, 1.82) is 0 Å². The zero-order valence-corrected chi connectivity index (χ0v) is 7.28. The largest absolute Gasteiger partial charge is 0.537 e. The molecule has 0 N–H and O–H groups in total. The maximum absolute atomic E-state index is 10.2. The molecule has 0 saturated heterocycles. The van der Waals surface area contributed by atoms with E-state index in [0.717, 1.165) is 0 Å². The van der Waals surface area contributed by atoms with Gasteiger partial charge in [-0.25, -0.2) is 0 Å². The molecule has 0 unspecified atom stereocenters. The van der Waals surface area contributed by atoms with Crippen LogP contribution < -0.4 is 0 Å². The van der Waals surface area contributed by atoms with Gasteiger partial charge in [-0.1, -0.05) is 13.3 Å². The van der Waals surface area contributed by atoms with E-state index in [1.807, 2.05) is 0 Å². The maximum atomic E-state index is 10.2. The average molecular weight is 197 g/mol. The zero-order chi connectivity index (χ0) is 9.78. The Morgan fingerprint density at radius 1 is 1.33 bits per heavy atom. The molecule has 0 aromatic heterocycles. The molecule has 0 atom stereocenters. The van der Waals surface area contributed by atoms with Gasteiger partial charge in [-0.15, -0.1) is 0 Å². The van der Waals surface area contributed by atoms with Gasteiger partial charge in [0.15, 0.2) is 0 Å². The Morgan fingerprint density at radius 3 is 2.00 bits per heavy atom. The van der Waals surface area contributed by atoms with E-state index in [2.05, 4.69) is 0 Å². The highest BCUT2D eigenvalue weighted by atomic mass is 35.5. The number of unbranched alkanes of at least 4 members (excludes halogenated alkanes) is 1. The van der Waals surface area contributed by atoms with E-state index in [9.17, 15) is 20.2 Å². The van der Waals surface area contributed by atoms with Crippen LogP contribution in [0, 0.1) is 20.2 Å². The predicted molar refractivity (Wildman–Crippen MR) is 42.1 cm³/mol. The zero-order valence-electron chi connectivity index (χ0n) is 6.53. The Bertz CT molecular complexity index is 182. The van der Waals surface area contributed by atoms with Crippen molar-refractivity contribution < 1.29 is 9.85 Å². The Kier molecular flexibility index (Phi) is 3.88. The van der Waals surface area contributed by atoms with E-state index in [0.29, 0.717) is 12.8 Å². The second-order valence-corrected chi connectivity index (χ2v) is 2.94. The van der Waals surface area contributed by atoms with Crippen LogP contribution in [0.3, 0.4) is 0 Å². The molecule has 70 valence electrons. The number of rotatable bonds is 5. The number of halogens is 1. The number of alkyl halides is 1. The first kappa shape index (κ1) is 11.1. The molecule has 0 aliphatic rings. The topological polar surface area (TPSA) is 86.3 Å². The third-order valence-electron chi connectivity index (χ3n) is 1.41. The highest BCUT2D eigenvalue weighted by Crippen LogP contribution is 2.23. The van der Waals surface area contributed by atoms with Crippen molar-refractivity contribution in [1.82, 2.24) is 0 Å². The molecule has 12 heavy (non-hydrogen) atoms. The molecule has 7 heteroatoms. The summed E-state index contributed by atoms with van der Waals surface area (Å²) >= 11 is 5.19. The van der Waals surface area contributed by atoms with Gasteiger partial charge in [-0.3, -0.25) is 20.2 Å². The van der Waals surface area contributed by atoms with E-state index in [1.54, 1.807) is 6.92 Å². The molecule has 0 fully saturated rings. The molecular formula is C5H9ClN2O4. The van der Waals surface area contributed by atoms with Crippen LogP contribution in [0.15, 0.2) is 0 Å². The normalized spacial score (nSPS) is 11.2. The summed E-state index contributed by atoms with van der Waals surface area (Å²) in [4.78, 5) is 18.3. The molecule has 0 bridgehead atoms. The lowest BCUT2D eigenvalue weighted by molar-refractivity contribution is -0.767. The SMILES string of the molecule is CCCCC(Cl)([N+](=O)[O-])[N+](=O)[O-]. The Morgan fingerprint density at radius 2 is 1.75 bits per heavy atom. The van der Waals surface area contributed by atoms with E-state index in [1.165, 1.54) is 0 Å². The van der Waals surface area contributed by atoms with Crippen LogP contribution in [0.4, 0.5) is 0 Å². The van der Waals surface area contributed by atoms with Crippen LogP contribution in [0.2, 0.25) is 0 Å². The van der Waals surface area contributed by atoms with Crippen LogP contribution in [0.25, 0.3) is 0 Å². The summed E-state index contributed by atoms with van der Waals surface area (Å²) in [6.07, 6.45) is 0.757.